The molecular formula is C21H18F5N3O4. The number of nitrogens with one attached hydrogen (secondary N) is 1. The number of rotatable bonds is 5. The summed E-state index contributed by atoms with van der Waals surface area (Å²) in [5.74, 6) is -4.56. The topological polar surface area (TPSA) is 91.6 Å². The third kappa shape index (κ3) is 4.16. The molecule has 0 saturated heterocycles. The van der Waals surface area contributed by atoms with Gasteiger partial charge in [0.15, 0.2) is 11.4 Å². The maximum absolute atomic E-state index is 13.8. The lowest BCUT2D eigenvalue weighted by atomic mass is 10.1. The van der Waals surface area contributed by atoms with Crippen molar-refractivity contribution in [1.82, 2.24) is 14.8 Å². The number of carbonyl (C=O) groups excluding carboxylic acids is 2. The summed E-state index contributed by atoms with van der Waals surface area (Å²) in [7, 11) is 0. The molecule has 33 heavy (non-hydrogen) atoms. The highest BCUT2D eigenvalue weighted by Gasteiger charge is 2.42. The normalized spacial score (nSPS) is 17.3. The molecule has 7 nitrogen and oxygen atoms in total. The monoisotopic (exact) mass is 471 g/mol. The Balaban J connectivity index is 1.64. The maximum atomic E-state index is 13.8. The van der Waals surface area contributed by atoms with Crippen LogP contribution in [0.25, 0.3) is 0 Å². The van der Waals surface area contributed by atoms with Crippen LogP contribution in [0.1, 0.15) is 51.0 Å². The molecule has 0 bridgehead atoms. The highest BCUT2D eigenvalue weighted by molar-refractivity contribution is 6.00. The number of hydrogen-bond donors (Lipinski definition) is 2. The number of nitrogens with zero attached hydrogens (tertiary/aromatic N) is 2. The lowest BCUT2D eigenvalue weighted by molar-refractivity contribution is -0.137. The number of amides is 2. The van der Waals surface area contributed by atoms with E-state index in [2.05, 4.69) is 5.32 Å². The number of carbonyl (C=O) groups is 2. The van der Waals surface area contributed by atoms with Crippen molar-refractivity contribution in [3.05, 3.63) is 62.6 Å². The van der Waals surface area contributed by atoms with Gasteiger partial charge in [0.05, 0.1) is 12.5 Å². The Morgan fingerprint density at radius 2 is 1.94 bits per heavy atom. The van der Waals surface area contributed by atoms with Gasteiger partial charge in [-0.25, -0.2) is 8.78 Å². The van der Waals surface area contributed by atoms with Crippen LogP contribution in [0.4, 0.5) is 22.0 Å². The quantitative estimate of drug-likeness (QED) is 0.656. The van der Waals surface area contributed by atoms with Crippen molar-refractivity contribution in [3.8, 4) is 5.75 Å². The van der Waals surface area contributed by atoms with Crippen molar-refractivity contribution in [2.24, 2.45) is 0 Å². The molecule has 12 heteroatoms. The van der Waals surface area contributed by atoms with E-state index < -0.39 is 71.1 Å². The number of aromatic nitrogens is 1. The first kappa shape index (κ1) is 22.7. The van der Waals surface area contributed by atoms with Crippen molar-refractivity contribution in [1.29, 1.82) is 0 Å². The first-order valence-electron chi connectivity index (χ1n) is 10.1. The van der Waals surface area contributed by atoms with Crippen LogP contribution in [0, 0.1) is 11.6 Å². The van der Waals surface area contributed by atoms with Gasteiger partial charge in [0.1, 0.15) is 17.2 Å². The molecule has 176 valence electrons. The van der Waals surface area contributed by atoms with Crippen LogP contribution < -0.4 is 10.7 Å². The average molecular weight is 471 g/mol. The van der Waals surface area contributed by atoms with E-state index >= 15 is 0 Å². The van der Waals surface area contributed by atoms with Crippen molar-refractivity contribution >= 4 is 11.8 Å². The van der Waals surface area contributed by atoms with Gasteiger partial charge < -0.3 is 19.9 Å². The highest BCUT2D eigenvalue weighted by Crippen LogP contribution is 2.37. The number of alkyl halides is 3. The Labute approximate surface area is 183 Å². The lowest BCUT2D eigenvalue weighted by Gasteiger charge is -2.34. The minimum Gasteiger partial charge on any atom is -0.503 e. The summed E-state index contributed by atoms with van der Waals surface area (Å²) in [6, 6.07) is 2.27. The Hall–Kier alpha value is -3.44. The third-order valence-corrected chi connectivity index (χ3v) is 5.83. The number of pyridine rings is 1. The predicted octanol–water partition coefficient (Wildman–Crippen LogP) is 2.66. The fourth-order valence-electron chi connectivity index (χ4n) is 4.29. The predicted molar refractivity (Wildman–Crippen MR) is 104 cm³/mol. The van der Waals surface area contributed by atoms with Crippen molar-refractivity contribution < 1.29 is 36.6 Å². The Morgan fingerprint density at radius 3 is 2.61 bits per heavy atom. The van der Waals surface area contributed by atoms with Gasteiger partial charge in [-0.05, 0) is 18.9 Å². The number of benzene rings is 1. The molecule has 0 saturated carbocycles. The summed E-state index contributed by atoms with van der Waals surface area (Å²) in [5.41, 5.74) is -1.85. The van der Waals surface area contributed by atoms with E-state index in [0.717, 1.165) is 17.0 Å². The molecule has 1 atom stereocenters. The SMILES string of the molecule is O=C(NCc1ccc(F)cc1F)c1c2n3c(c(O)c1=O)C(=O)N(CCC(F)(F)F)CC3CC2. The number of hydrogen-bond acceptors (Lipinski definition) is 4. The highest BCUT2D eigenvalue weighted by atomic mass is 19.4. The Kier molecular flexibility index (Phi) is 5.62. The summed E-state index contributed by atoms with van der Waals surface area (Å²) >= 11 is 0. The molecule has 0 radical (unpaired) electrons. The molecule has 4 rings (SSSR count). The van der Waals surface area contributed by atoms with Gasteiger partial charge >= 0.3 is 6.18 Å². The smallest absolute Gasteiger partial charge is 0.390 e. The standard InChI is InChI=1S/C21H18F5N3O4/c22-11-2-1-10(13(23)7-11)8-27-19(32)15-14-4-3-12-9-28(6-5-21(24,25)26)20(33)16(29(12)14)18(31)17(15)30/h1-2,7,12,31H,3-6,8-9H2,(H,27,32). The van der Waals surface area contributed by atoms with Gasteiger partial charge in [0, 0.05) is 37.0 Å². The summed E-state index contributed by atoms with van der Waals surface area (Å²) in [6.45, 7) is -1.04. The van der Waals surface area contributed by atoms with Crippen LogP contribution in [0.2, 0.25) is 0 Å². The zero-order valence-electron chi connectivity index (χ0n) is 17.0. The molecule has 0 spiro atoms. The van der Waals surface area contributed by atoms with Crippen LogP contribution in [0.15, 0.2) is 23.0 Å². The van der Waals surface area contributed by atoms with Gasteiger partial charge in [0.2, 0.25) is 5.43 Å². The molecule has 1 aromatic carbocycles. The van der Waals surface area contributed by atoms with Gasteiger partial charge in [0.25, 0.3) is 11.8 Å². The molecular weight excluding hydrogens is 453 g/mol. The van der Waals surface area contributed by atoms with E-state index in [-0.39, 0.29) is 30.8 Å². The van der Waals surface area contributed by atoms with Gasteiger partial charge in [-0.1, -0.05) is 6.07 Å². The zero-order chi connectivity index (χ0) is 24.1. The van der Waals surface area contributed by atoms with E-state index in [4.69, 9.17) is 0 Å². The summed E-state index contributed by atoms with van der Waals surface area (Å²) in [4.78, 5) is 39.2. The second kappa shape index (κ2) is 8.16. The zero-order valence-corrected chi connectivity index (χ0v) is 17.0. The molecule has 2 aliphatic rings. The van der Waals surface area contributed by atoms with Crippen LogP contribution in [-0.4, -0.2) is 45.7 Å². The summed E-state index contributed by atoms with van der Waals surface area (Å²) in [6.07, 6.45) is -5.18. The minimum atomic E-state index is -4.48. The largest absolute Gasteiger partial charge is 0.503 e. The molecule has 0 fully saturated rings. The number of halogens is 5. The molecule has 1 unspecified atom stereocenters. The van der Waals surface area contributed by atoms with E-state index in [0.29, 0.717) is 12.5 Å². The third-order valence-electron chi connectivity index (χ3n) is 5.83. The first-order valence-corrected chi connectivity index (χ1v) is 10.1. The van der Waals surface area contributed by atoms with E-state index in [9.17, 15) is 41.4 Å². The Bertz CT molecular complexity index is 1210. The van der Waals surface area contributed by atoms with Crippen LogP contribution in [0.3, 0.4) is 0 Å². The second-order valence-corrected chi connectivity index (χ2v) is 7.95. The van der Waals surface area contributed by atoms with Crippen LogP contribution in [0.5, 0.6) is 5.75 Å². The fraction of sp³-hybridized carbons (Fsp3) is 0.381. The van der Waals surface area contributed by atoms with Crippen molar-refractivity contribution in [3.63, 3.8) is 0 Å². The Morgan fingerprint density at radius 1 is 1.21 bits per heavy atom. The van der Waals surface area contributed by atoms with Gasteiger partial charge in [-0.2, -0.15) is 13.2 Å². The van der Waals surface area contributed by atoms with Gasteiger partial charge in [-0.3, -0.25) is 14.4 Å². The van der Waals surface area contributed by atoms with Crippen LogP contribution >= 0.6 is 0 Å². The molecule has 0 aliphatic carbocycles. The van der Waals surface area contributed by atoms with E-state index in [1.807, 2.05) is 0 Å². The molecule has 3 heterocycles. The van der Waals surface area contributed by atoms with Crippen molar-refractivity contribution in [2.75, 3.05) is 13.1 Å². The van der Waals surface area contributed by atoms with Gasteiger partial charge in [-0.15, -0.1) is 0 Å². The average Bonchev–Trinajstić information content (AvgIpc) is 3.13. The maximum Gasteiger partial charge on any atom is 0.390 e. The molecule has 2 N–H and O–H groups in total. The second-order valence-electron chi connectivity index (χ2n) is 7.95. The van der Waals surface area contributed by atoms with E-state index in [1.165, 1.54) is 4.57 Å². The minimum absolute atomic E-state index is 0.0307. The molecule has 1 aromatic heterocycles. The van der Waals surface area contributed by atoms with E-state index in [1.54, 1.807) is 0 Å². The molecule has 2 aromatic rings. The summed E-state index contributed by atoms with van der Waals surface area (Å²) < 4.78 is 66.1. The lowest BCUT2D eigenvalue weighted by Crippen LogP contribution is -2.45. The first-order chi connectivity index (χ1) is 15.5. The fourth-order valence-corrected chi connectivity index (χ4v) is 4.29. The summed E-state index contributed by atoms with van der Waals surface area (Å²) in [5, 5.41) is 12.8. The molecule has 2 aliphatic heterocycles. The molecule has 2 amide bonds. The number of aromatic hydroxyl groups is 1. The van der Waals surface area contributed by atoms with Crippen LogP contribution in [-0.2, 0) is 13.0 Å². The van der Waals surface area contributed by atoms with Crippen molar-refractivity contribution in [2.45, 2.75) is 38.0 Å².